The molecule has 1 unspecified atom stereocenters. The Morgan fingerprint density at radius 3 is 2.33 bits per heavy atom. The second-order valence-electron chi connectivity index (χ2n) is 4.08. The molecule has 0 spiro atoms. The smallest absolute Gasteiger partial charge is 0.159 e. The normalized spacial score (nSPS) is 12.4. The summed E-state index contributed by atoms with van der Waals surface area (Å²) in [6.07, 6.45) is 0.498. The van der Waals surface area contributed by atoms with Crippen LogP contribution >= 0.6 is 0 Å². The number of hydrogen-bond donors (Lipinski definition) is 2. The molecule has 0 radical (unpaired) electrons. The van der Waals surface area contributed by atoms with Gasteiger partial charge in [0.1, 0.15) is 0 Å². The highest BCUT2D eigenvalue weighted by molar-refractivity contribution is 5.24. The number of nitrogens with one attached hydrogen (secondary N) is 1. The van der Waals surface area contributed by atoms with Gasteiger partial charge in [0, 0.05) is 6.04 Å². The fourth-order valence-corrected chi connectivity index (χ4v) is 1.86. The van der Waals surface area contributed by atoms with Gasteiger partial charge in [-0.3, -0.25) is 11.3 Å². The minimum absolute atomic E-state index is 0.129. The van der Waals surface area contributed by atoms with Gasteiger partial charge in [-0.1, -0.05) is 36.4 Å². The first-order valence-electron chi connectivity index (χ1n) is 5.65. The average Bonchev–Trinajstić information content (AvgIpc) is 2.41. The van der Waals surface area contributed by atoms with Gasteiger partial charge in [-0.05, 0) is 29.7 Å². The fourth-order valence-electron chi connectivity index (χ4n) is 1.86. The molecule has 0 fully saturated rings. The Bertz CT molecular complexity index is 514. The van der Waals surface area contributed by atoms with E-state index >= 15 is 0 Å². The van der Waals surface area contributed by atoms with Crippen LogP contribution in [0.1, 0.15) is 17.2 Å². The molecule has 0 aromatic heterocycles. The van der Waals surface area contributed by atoms with Gasteiger partial charge < -0.3 is 0 Å². The van der Waals surface area contributed by atoms with Gasteiger partial charge >= 0.3 is 0 Å². The molecule has 18 heavy (non-hydrogen) atoms. The summed E-state index contributed by atoms with van der Waals surface area (Å²) < 4.78 is 25.9. The molecular weight excluding hydrogens is 234 g/mol. The van der Waals surface area contributed by atoms with E-state index in [0.29, 0.717) is 12.0 Å². The second-order valence-corrected chi connectivity index (χ2v) is 4.08. The molecule has 0 bridgehead atoms. The van der Waals surface area contributed by atoms with Gasteiger partial charge in [-0.25, -0.2) is 8.78 Å². The summed E-state index contributed by atoms with van der Waals surface area (Å²) >= 11 is 0. The number of hydrazine groups is 1. The molecule has 3 N–H and O–H groups in total. The summed E-state index contributed by atoms with van der Waals surface area (Å²) in [5, 5.41) is 0. The zero-order valence-corrected chi connectivity index (χ0v) is 9.74. The van der Waals surface area contributed by atoms with Crippen LogP contribution in [0.5, 0.6) is 0 Å². The highest BCUT2D eigenvalue weighted by atomic mass is 19.2. The van der Waals surface area contributed by atoms with Crippen molar-refractivity contribution in [3.63, 3.8) is 0 Å². The fraction of sp³-hybridized carbons (Fsp3) is 0.143. The lowest BCUT2D eigenvalue weighted by atomic mass is 9.99. The molecule has 0 saturated heterocycles. The highest BCUT2D eigenvalue weighted by Gasteiger charge is 2.11. The van der Waals surface area contributed by atoms with Gasteiger partial charge in [0.05, 0.1) is 0 Å². The summed E-state index contributed by atoms with van der Waals surface area (Å²) in [4.78, 5) is 0. The third kappa shape index (κ3) is 2.91. The lowest BCUT2D eigenvalue weighted by Crippen LogP contribution is -2.29. The van der Waals surface area contributed by atoms with E-state index in [2.05, 4.69) is 5.43 Å². The standard InChI is InChI=1S/C14H14F2N2/c15-12-7-6-10(8-13(12)16)9-14(18-17)11-4-2-1-3-5-11/h1-8,14,18H,9,17H2. The largest absolute Gasteiger partial charge is 0.271 e. The summed E-state index contributed by atoms with van der Waals surface area (Å²) in [5.74, 6) is 3.83. The van der Waals surface area contributed by atoms with Crippen LogP contribution in [-0.2, 0) is 6.42 Å². The first kappa shape index (κ1) is 12.7. The van der Waals surface area contributed by atoms with Crippen molar-refractivity contribution in [3.05, 3.63) is 71.3 Å². The van der Waals surface area contributed by atoms with E-state index in [1.807, 2.05) is 30.3 Å². The molecule has 2 rings (SSSR count). The Kier molecular flexibility index (Phi) is 4.02. The van der Waals surface area contributed by atoms with Gasteiger partial charge in [0.2, 0.25) is 0 Å². The van der Waals surface area contributed by atoms with Crippen molar-refractivity contribution in [2.75, 3.05) is 0 Å². The summed E-state index contributed by atoms with van der Waals surface area (Å²) in [6, 6.07) is 13.4. The molecule has 4 heteroatoms. The van der Waals surface area contributed by atoms with E-state index in [1.165, 1.54) is 6.07 Å². The van der Waals surface area contributed by atoms with E-state index in [0.717, 1.165) is 11.6 Å². The van der Waals surface area contributed by atoms with Gasteiger partial charge in [0.25, 0.3) is 0 Å². The predicted molar refractivity (Wildman–Crippen MR) is 66.6 cm³/mol. The lowest BCUT2D eigenvalue weighted by Gasteiger charge is -2.16. The maximum absolute atomic E-state index is 13.1. The second kappa shape index (κ2) is 5.71. The third-order valence-corrected chi connectivity index (χ3v) is 2.83. The van der Waals surface area contributed by atoms with Crippen LogP contribution in [0.15, 0.2) is 48.5 Å². The number of rotatable bonds is 4. The molecular formula is C14H14F2N2. The molecule has 2 aromatic carbocycles. The Hall–Kier alpha value is -1.78. The van der Waals surface area contributed by atoms with Gasteiger partial charge in [-0.15, -0.1) is 0 Å². The monoisotopic (exact) mass is 248 g/mol. The van der Waals surface area contributed by atoms with E-state index in [-0.39, 0.29) is 6.04 Å². The maximum atomic E-state index is 13.1. The van der Waals surface area contributed by atoms with Crippen molar-refractivity contribution in [2.45, 2.75) is 12.5 Å². The van der Waals surface area contributed by atoms with Crippen LogP contribution < -0.4 is 11.3 Å². The van der Waals surface area contributed by atoms with Crippen LogP contribution in [0, 0.1) is 11.6 Å². The van der Waals surface area contributed by atoms with Gasteiger partial charge in [0.15, 0.2) is 11.6 Å². The molecule has 0 heterocycles. The maximum Gasteiger partial charge on any atom is 0.159 e. The highest BCUT2D eigenvalue weighted by Crippen LogP contribution is 2.18. The first-order valence-corrected chi connectivity index (χ1v) is 5.65. The van der Waals surface area contributed by atoms with Crippen molar-refractivity contribution >= 4 is 0 Å². The minimum atomic E-state index is -0.837. The predicted octanol–water partition coefficient (Wildman–Crippen LogP) is 2.71. The Morgan fingerprint density at radius 2 is 1.72 bits per heavy atom. The lowest BCUT2D eigenvalue weighted by molar-refractivity contribution is 0.502. The molecule has 0 amide bonds. The minimum Gasteiger partial charge on any atom is -0.271 e. The molecule has 0 aliphatic rings. The zero-order valence-electron chi connectivity index (χ0n) is 9.74. The number of nitrogens with two attached hydrogens (primary N) is 1. The summed E-state index contributed by atoms with van der Waals surface area (Å²) in [6.45, 7) is 0. The van der Waals surface area contributed by atoms with Crippen molar-refractivity contribution in [1.82, 2.24) is 5.43 Å². The van der Waals surface area contributed by atoms with E-state index in [1.54, 1.807) is 6.07 Å². The SMILES string of the molecule is NNC(Cc1ccc(F)c(F)c1)c1ccccc1. The number of hydrogen-bond acceptors (Lipinski definition) is 2. The average molecular weight is 248 g/mol. The zero-order chi connectivity index (χ0) is 13.0. The van der Waals surface area contributed by atoms with Crippen molar-refractivity contribution in [1.29, 1.82) is 0 Å². The summed E-state index contributed by atoms with van der Waals surface area (Å²) in [5.41, 5.74) is 4.38. The molecule has 0 saturated carbocycles. The van der Waals surface area contributed by atoms with Crippen LogP contribution in [0.25, 0.3) is 0 Å². The Morgan fingerprint density at radius 1 is 1.00 bits per heavy atom. The third-order valence-electron chi connectivity index (χ3n) is 2.83. The quantitative estimate of drug-likeness (QED) is 0.645. The molecule has 0 aliphatic carbocycles. The van der Waals surface area contributed by atoms with Crippen LogP contribution in [0.3, 0.4) is 0 Å². The van der Waals surface area contributed by atoms with Crippen LogP contribution in [0.4, 0.5) is 8.78 Å². The summed E-state index contributed by atoms with van der Waals surface area (Å²) in [7, 11) is 0. The van der Waals surface area contributed by atoms with E-state index in [9.17, 15) is 8.78 Å². The Labute approximate surface area is 104 Å². The molecule has 1 atom stereocenters. The Balaban J connectivity index is 2.18. The first-order chi connectivity index (χ1) is 8.70. The molecule has 0 aliphatic heterocycles. The number of halogens is 2. The van der Waals surface area contributed by atoms with E-state index < -0.39 is 11.6 Å². The molecule has 2 aromatic rings. The van der Waals surface area contributed by atoms with Gasteiger partial charge in [-0.2, -0.15) is 0 Å². The molecule has 2 nitrogen and oxygen atoms in total. The van der Waals surface area contributed by atoms with Crippen molar-refractivity contribution < 1.29 is 8.78 Å². The van der Waals surface area contributed by atoms with Crippen molar-refractivity contribution in [3.8, 4) is 0 Å². The molecule has 94 valence electrons. The van der Waals surface area contributed by atoms with Crippen LogP contribution in [-0.4, -0.2) is 0 Å². The number of benzene rings is 2. The van der Waals surface area contributed by atoms with Crippen LogP contribution in [0.2, 0.25) is 0 Å². The topological polar surface area (TPSA) is 38.0 Å². The van der Waals surface area contributed by atoms with Crippen molar-refractivity contribution in [2.24, 2.45) is 5.84 Å². The van der Waals surface area contributed by atoms with E-state index in [4.69, 9.17) is 5.84 Å².